The molecule has 1 N–H and O–H groups in total. The van der Waals surface area contributed by atoms with E-state index in [0.29, 0.717) is 17.7 Å². The number of ketones is 1. The van der Waals surface area contributed by atoms with Crippen LogP contribution in [0.25, 0.3) is 0 Å². The molecule has 0 atom stereocenters. The van der Waals surface area contributed by atoms with Crippen molar-refractivity contribution in [3.63, 3.8) is 0 Å². The van der Waals surface area contributed by atoms with Crippen LogP contribution in [0.1, 0.15) is 57.1 Å². The van der Waals surface area contributed by atoms with Gasteiger partial charge in [-0.1, -0.05) is 71.0 Å². The van der Waals surface area contributed by atoms with E-state index >= 15 is 0 Å². The van der Waals surface area contributed by atoms with E-state index in [0.717, 1.165) is 0 Å². The van der Waals surface area contributed by atoms with Crippen molar-refractivity contribution in [3.05, 3.63) is 58.0 Å². The Kier molecular flexibility index (Phi) is 14.0. The fourth-order valence-corrected chi connectivity index (χ4v) is 1.58. The van der Waals surface area contributed by atoms with Crippen molar-refractivity contribution in [1.29, 1.82) is 0 Å². The van der Waals surface area contributed by atoms with Crippen molar-refractivity contribution >= 4 is 5.78 Å². The van der Waals surface area contributed by atoms with E-state index in [1.54, 1.807) is 20.9 Å². The Balaban J connectivity index is 0. The summed E-state index contributed by atoms with van der Waals surface area (Å²) in [4.78, 5) is 22.5. The monoisotopic (exact) mass is 306 g/mol. The average Bonchev–Trinajstić information content (AvgIpc) is 2.85. The number of nitrogens with zero attached hydrogens (tertiary/aromatic N) is 1. The van der Waals surface area contributed by atoms with Gasteiger partial charge in [-0.15, -0.1) is 0 Å². The quantitative estimate of drug-likeness (QED) is 0.838. The number of hydrogen-bond acceptors (Lipinski definition) is 2. The van der Waals surface area contributed by atoms with Crippen LogP contribution in [0.3, 0.4) is 0 Å². The van der Waals surface area contributed by atoms with Crippen molar-refractivity contribution in [3.8, 4) is 0 Å². The molecule has 2 rings (SSSR count). The third-order valence-corrected chi connectivity index (χ3v) is 2.50. The van der Waals surface area contributed by atoms with Gasteiger partial charge in [-0.3, -0.25) is 19.4 Å². The van der Waals surface area contributed by atoms with Crippen LogP contribution in [0.2, 0.25) is 0 Å². The fourth-order valence-electron chi connectivity index (χ4n) is 1.58. The molecule has 0 fully saturated rings. The molecular weight excluding hydrogens is 276 g/mol. The van der Waals surface area contributed by atoms with Crippen molar-refractivity contribution in [1.82, 2.24) is 9.78 Å². The highest BCUT2D eigenvalue weighted by atomic mass is 16.2. The minimum Gasteiger partial charge on any atom is -0.300 e. The molecule has 0 bridgehead atoms. The lowest BCUT2D eigenvalue weighted by molar-refractivity contribution is 0.0986. The van der Waals surface area contributed by atoms with Crippen LogP contribution in [-0.4, -0.2) is 15.6 Å². The van der Waals surface area contributed by atoms with Gasteiger partial charge in [0, 0.05) is 19.2 Å². The maximum Gasteiger partial charge on any atom is 0.277 e. The van der Waals surface area contributed by atoms with Gasteiger partial charge in [-0.05, 0) is 6.92 Å². The first kappa shape index (κ1) is 22.2. The lowest BCUT2D eigenvalue weighted by atomic mass is 10.1. The number of nitrogens with one attached hydrogen (secondary N) is 1. The van der Waals surface area contributed by atoms with E-state index in [1.165, 1.54) is 4.68 Å². The highest BCUT2D eigenvalue weighted by molar-refractivity contribution is 5.96. The van der Waals surface area contributed by atoms with E-state index < -0.39 is 0 Å². The van der Waals surface area contributed by atoms with E-state index in [4.69, 9.17) is 0 Å². The van der Waals surface area contributed by atoms with Crippen LogP contribution in [-0.2, 0) is 7.05 Å². The molecule has 0 aliphatic carbocycles. The summed E-state index contributed by atoms with van der Waals surface area (Å²) in [5.74, 6) is -0.102. The van der Waals surface area contributed by atoms with Crippen LogP contribution < -0.4 is 5.56 Å². The molecule has 0 spiro atoms. The maximum atomic E-state index is 11.3. The second kappa shape index (κ2) is 13.9. The lowest BCUT2D eigenvalue weighted by Gasteiger charge is -1.90. The largest absolute Gasteiger partial charge is 0.300 e. The number of carbonyl (C=O) groups is 1. The van der Waals surface area contributed by atoms with E-state index in [1.807, 2.05) is 64.1 Å². The number of Topliss-reactive ketones (excluding diaryl/α,β-unsaturated/α-hetero) is 1. The van der Waals surface area contributed by atoms with E-state index in [9.17, 15) is 9.59 Å². The van der Waals surface area contributed by atoms with Gasteiger partial charge in [0.15, 0.2) is 5.78 Å². The summed E-state index contributed by atoms with van der Waals surface area (Å²) in [6.45, 7) is 11.5. The first-order valence-electron chi connectivity index (χ1n) is 7.86. The Morgan fingerprint density at radius 1 is 1.00 bits per heavy atom. The second-order valence-corrected chi connectivity index (χ2v) is 3.91. The number of rotatable bonds is 2. The minimum absolute atomic E-state index is 0.102. The minimum atomic E-state index is -0.237. The van der Waals surface area contributed by atoms with Gasteiger partial charge in [0.1, 0.15) is 5.56 Å². The molecular formula is C18H30N2O2. The van der Waals surface area contributed by atoms with Crippen LogP contribution in [0, 0.1) is 6.92 Å². The number of aromatic amines is 1. The van der Waals surface area contributed by atoms with Gasteiger partial charge in [0.25, 0.3) is 5.56 Å². The van der Waals surface area contributed by atoms with Gasteiger partial charge in [0.2, 0.25) is 0 Å². The predicted octanol–water partition coefficient (Wildman–Crippen LogP) is 4.35. The van der Waals surface area contributed by atoms with E-state index in [-0.39, 0.29) is 11.3 Å². The van der Waals surface area contributed by atoms with Crippen LogP contribution >= 0.6 is 0 Å². The van der Waals surface area contributed by atoms with Crippen molar-refractivity contribution in [2.24, 2.45) is 7.05 Å². The van der Waals surface area contributed by atoms with Gasteiger partial charge in [-0.2, -0.15) is 0 Å². The molecule has 0 unspecified atom stereocenters. The lowest BCUT2D eigenvalue weighted by Crippen LogP contribution is -2.18. The topological polar surface area (TPSA) is 54.9 Å². The summed E-state index contributed by atoms with van der Waals surface area (Å²) in [7, 11) is 1.60. The zero-order valence-corrected chi connectivity index (χ0v) is 14.9. The third kappa shape index (κ3) is 7.62. The summed E-state index contributed by atoms with van der Waals surface area (Å²) < 4.78 is 1.32. The molecule has 1 aromatic carbocycles. The number of benzene rings is 1. The molecule has 0 radical (unpaired) electrons. The fraction of sp³-hybridized carbons (Fsp3) is 0.444. The normalized spacial score (nSPS) is 8.32. The summed E-state index contributed by atoms with van der Waals surface area (Å²) in [6.07, 6.45) is 0.369. The summed E-state index contributed by atoms with van der Waals surface area (Å²) >= 11 is 0. The molecule has 0 saturated carbocycles. The number of aryl methyl sites for hydroxylation is 2. The Hall–Kier alpha value is -2.10. The molecule has 124 valence electrons. The Bertz CT molecular complexity index is 528. The van der Waals surface area contributed by atoms with Gasteiger partial charge in [-0.25, -0.2) is 0 Å². The molecule has 1 aromatic heterocycles. The SMILES string of the molecule is CC.CC.CCC(=O)c1c(C)[nH]n(C)c1=O.c1ccccc1. The second-order valence-electron chi connectivity index (χ2n) is 3.91. The first-order valence-corrected chi connectivity index (χ1v) is 7.86. The molecule has 0 aliphatic heterocycles. The number of hydrogen-bond donors (Lipinski definition) is 1. The molecule has 4 heteroatoms. The van der Waals surface area contributed by atoms with Gasteiger partial charge >= 0.3 is 0 Å². The predicted molar refractivity (Wildman–Crippen MR) is 94.5 cm³/mol. The smallest absolute Gasteiger partial charge is 0.277 e. The zero-order valence-electron chi connectivity index (χ0n) is 14.9. The Morgan fingerprint density at radius 2 is 1.36 bits per heavy atom. The highest BCUT2D eigenvalue weighted by Crippen LogP contribution is 2.01. The molecule has 2 aromatic rings. The molecule has 0 aliphatic rings. The highest BCUT2D eigenvalue weighted by Gasteiger charge is 2.14. The number of carbonyl (C=O) groups excluding carboxylic acids is 1. The zero-order chi connectivity index (χ0) is 17.5. The molecule has 1 heterocycles. The first-order chi connectivity index (χ1) is 10.6. The van der Waals surface area contributed by atoms with Crippen molar-refractivity contribution < 1.29 is 4.79 Å². The van der Waals surface area contributed by atoms with Crippen LogP contribution in [0.5, 0.6) is 0 Å². The summed E-state index contributed by atoms with van der Waals surface area (Å²) in [6, 6.07) is 12.0. The summed E-state index contributed by atoms with van der Waals surface area (Å²) in [5.41, 5.74) is 0.703. The van der Waals surface area contributed by atoms with Gasteiger partial charge in [0.05, 0.1) is 0 Å². The van der Waals surface area contributed by atoms with Crippen molar-refractivity contribution in [2.45, 2.75) is 48.0 Å². The molecule has 22 heavy (non-hydrogen) atoms. The molecule has 0 saturated heterocycles. The summed E-state index contributed by atoms with van der Waals surface area (Å²) in [5, 5.41) is 2.77. The molecule has 0 amide bonds. The number of aromatic nitrogens is 2. The molecule has 4 nitrogen and oxygen atoms in total. The Labute approximate surface area is 134 Å². The third-order valence-electron chi connectivity index (χ3n) is 2.50. The Morgan fingerprint density at radius 3 is 1.59 bits per heavy atom. The van der Waals surface area contributed by atoms with Crippen LogP contribution in [0.15, 0.2) is 41.2 Å². The van der Waals surface area contributed by atoms with Crippen LogP contribution in [0.4, 0.5) is 0 Å². The maximum absolute atomic E-state index is 11.3. The van der Waals surface area contributed by atoms with Gasteiger partial charge < -0.3 is 0 Å². The standard InChI is InChI=1S/C8H12N2O2.C6H6.2C2H6/c1-4-6(11)7-5(2)9-10(3)8(7)12;1-2-4-6-5-3-1;2*1-2/h9H,4H2,1-3H3;1-6H;2*1-2H3. The van der Waals surface area contributed by atoms with Crippen molar-refractivity contribution in [2.75, 3.05) is 0 Å². The average molecular weight is 306 g/mol. The van der Waals surface area contributed by atoms with E-state index in [2.05, 4.69) is 5.10 Å². The number of H-pyrrole nitrogens is 1.